The van der Waals surface area contributed by atoms with Gasteiger partial charge >= 0.3 is 0 Å². The third-order valence-corrected chi connectivity index (χ3v) is 8.63. The predicted octanol–water partition coefficient (Wildman–Crippen LogP) is 9.42. The Hall–Kier alpha value is -3.32. The van der Waals surface area contributed by atoms with E-state index in [0.29, 0.717) is 11.6 Å². The number of hydrogen-bond donors (Lipinski definition) is 0. The molecule has 1 aliphatic rings. The summed E-state index contributed by atoms with van der Waals surface area (Å²) in [5.41, 5.74) is 5.07. The Kier molecular flexibility index (Phi) is 4.41. The predicted molar refractivity (Wildman–Crippen MR) is 146 cm³/mol. The highest BCUT2D eigenvalue weighted by atomic mass is 15.1. The van der Waals surface area contributed by atoms with Crippen LogP contribution in [0, 0.1) is 5.41 Å². The lowest BCUT2D eigenvalue weighted by Gasteiger charge is -2.44. The smallest absolute Gasteiger partial charge is 0.0632 e. The van der Waals surface area contributed by atoms with Crippen LogP contribution >= 0.6 is 0 Å². The van der Waals surface area contributed by atoms with Crippen molar-refractivity contribution in [2.24, 2.45) is 5.41 Å². The Morgan fingerprint density at radius 2 is 1.09 bits per heavy atom. The van der Waals surface area contributed by atoms with Crippen molar-refractivity contribution in [3.63, 3.8) is 0 Å². The Bertz CT molecular complexity index is 1430. The monoisotopic (exact) mass is 448 g/mol. The van der Waals surface area contributed by atoms with Gasteiger partial charge < -0.3 is 4.90 Å². The zero-order chi connectivity index (χ0) is 26.8. The SMILES string of the molecule is [2H]c1c([2H])c2c(c([2H])c1-c1ccccc1N(c1ccccc1)c1ccccc1)C(C)(C)C(C)(C)C2(C)C. The molecule has 34 heavy (non-hydrogen) atoms. The lowest BCUT2D eigenvalue weighted by molar-refractivity contribution is 0.125. The summed E-state index contributed by atoms with van der Waals surface area (Å²) in [4.78, 5) is 2.17. The van der Waals surface area contributed by atoms with E-state index in [0.717, 1.165) is 33.8 Å². The maximum absolute atomic E-state index is 9.54. The molecule has 0 fully saturated rings. The summed E-state index contributed by atoms with van der Waals surface area (Å²) in [6.07, 6.45) is 0. The Morgan fingerprint density at radius 3 is 1.68 bits per heavy atom. The number of hydrogen-bond acceptors (Lipinski definition) is 1. The van der Waals surface area contributed by atoms with Crippen molar-refractivity contribution in [3.05, 3.63) is 114 Å². The molecule has 0 radical (unpaired) electrons. The third-order valence-electron chi connectivity index (χ3n) is 8.63. The van der Waals surface area contributed by atoms with Gasteiger partial charge in [-0.2, -0.15) is 0 Å². The van der Waals surface area contributed by atoms with Gasteiger partial charge in [-0.1, -0.05) is 114 Å². The minimum absolute atomic E-state index is 0.124. The molecule has 4 aromatic rings. The Balaban J connectivity index is 1.84. The van der Waals surface area contributed by atoms with Crippen LogP contribution in [-0.2, 0) is 10.8 Å². The second kappa shape index (κ2) is 7.87. The van der Waals surface area contributed by atoms with Crippen LogP contribution in [0.3, 0.4) is 0 Å². The summed E-state index contributed by atoms with van der Waals surface area (Å²) in [5.74, 6) is 0. The van der Waals surface area contributed by atoms with Gasteiger partial charge in [0.25, 0.3) is 0 Å². The van der Waals surface area contributed by atoms with Crippen molar-refractivity contribution in [2.75, 3.05) is 4.90 Å². The molecular weight excluding hydrogens is 410 g/mol. The van der Waals surface area contributed by atoms with E-state index in [4.69, 9.17) is 0 Å². The van der Waals surface area contributed by atoms with E-state index in [1.165, 1.54) is 0 Å². The van der Waals surface area contributed by atoms with Crippen molar-refractivity contribution in [3.8, 4) is 11.1 Å². The zero-order valence-corrected chi connectivity index (χ0v) is 21.0. The molecule has 5 rings (SSSR count). The molecule has 172 valence electrons. The summed E-state index contributed by atoms with van der Waals surface area (Å²) < 4.78 is 27.9. The molecule has 0 aromatic heterocycles. The minimum atomic E-state index is -0.341. The standard InChI is InChI=1S/C33H35N/c1-31(2)28-22-21-24(23-29(28)32(3,4)33(31,5)6)27-19-13-14-20-30(27)34(25-15-9-7-10-16-25)26-17-11-8-12-18-26/h7-23H,1-6H3/i21D,22D,23D. The molecule has 0 N–H and O–H groups in total. The van der Waals surface area contributed by atoms with E-state index >= 15 is 0 Å². The van der Waals surface area contributed by atoms with E-state index in [1.807, 2.05) is 60.7 Å². The van der Waals surface area contributed by atoms with Gasteiger partial charge in [0.1, 0.15) is 0 Å². The molecule has 0 saturated heterocycles. The lowest BCUT2D eigenvalue weighted by atomic mass is 9.59. The van der Waals surface area contributed by atoms with E-state index < -0.39 is 0 Å². The molecule has 4 aromatic carbocycles. The maximum Gasteiger partial charge on any atom is 0.0632 e. The minimum Gasteiger partial charge on any atom is -0.310 e. The second-order valence-corrected chi connectivity index (χ2v) is 10.9. The lowest BCUT2D eigenvalue weighted by Crippen LogP contribution is -2.42. The van der Waals surface area contributed by atoms with E-state index in [9.17, 15) is 4.11 Å². The van der Waals surface area contributed by atoms with Crippen LogP contribution in [0.15, 0.2) is 103 Å². The van der Waals surface area contributed by atoms with Crippen molar-refractivity contribution < 1.29 is 4.11 Å². The molecule has 1 nitrogen and oxygen atoms in total. The summed E-state index contributed by atoms with van der Waals surface area (Å²) in [5, 5.41) is 0. The number of nitrogens with zero attached hydrogens (tertiary/aromatic N) is 1. The molecule has 0 amide bonds. The highest BCUT2D eigenvalue weighted by Crippen LogP contribution is 2.62. The molecular formula is C33H35N. The average molecular weight is 449 g/mol. The van der Waals surface area contributed by atoms with Crippen LogP contribution in [0.2, 0.25) is 0 Å². The molecule has 0 atom stereocenters. The van der Waals surface area contributed by atoms with Gasteiger partial charge in [-0.15, -0.1) is 0 Å². The van der Waals surface area contributed by atoms with Crippen LogP contribution in [0.25, 0.3) is 11.1 Å². The fraction of sp³-hybridized carbons (Fsp3) is 0.273. The van der Waals surface area contributed by atoms with Crippen molar-refractivity contribution in [1.29, 1.82) is 0 Å². The van der Waals surface area contributed by atoms with Crippen LogP contribution in [0.1, 0.15) is 56.8 Å². The van der Waals surface area contributed by atoms with Crippen LogP contribution in [0.4, 0.5) is 17.1 Å². The third kappa shape index (κ3) is 3.21. The summed E-state index contributed by atoms with van der Waals surface area (Å²) in [6, 6.07) is 29.1. The van der Waals surface area contributed by atoms with Crippen molar-refractivity contribution in [2.45, 2.75) is 52.4 Å². The molecule has 0 spiro atoms. The number of fused-ring (bicyclic) bond motifs is 1. The first kappa shape index (κ1) is 19.0. The zero-order valence-electron chi connectivity index (χ0n) is 24.0. The quantitative estimate of drug-likeness (QED) is 0.300. The van der Waals surface area contributed by atoms with Gasteiger partial charge in [0, 0.05) is 16.9 Å². The average Bonchev–Trinajstić information content (AvgIpc) is 2.99. The number of benzene rings is 4. The normalized spacial score (nSPS) is 18.5. The topological polar surface area (TPSA) is 3.24 Å². The highest BCUT2D eigenvalue weighted by molar-refractivity contribution is 5.88. The molecule has 0 aliphatic heterocycles. The Labute approximate surface area is 209 Å². The molecule has 0 unspecified atom stereocenters. The molecule has 1 heteroatoms. The van der Waals surface area contributed by atoms with Gasteiger partial charge in [0.05, 0.1) is 9.80 Å². The second-order valence-electron chi connectivity index (χ2n) is 10.9. The van der Waals surface area contributed by atoms with Gasteiger partial charge in [0.2, 0.25) is 0 Å². The van der Waals surface area contributed by atoms with Crippen LogP contribution < -0.4 is 4.90 Å². The fourth-order valence-corrected chi connectivity index (χ4v) is 5.35. The van der Waals surface area contributed by atoms with Gasteiger partial charge in [0.15, 0.2) is 0 Å². The highest BCUT2D eigenvalue weighted by Gasteiger charge is 2.56. The van der Waals surface area contributed by atoms with E-state index in [1.54, 1.807) is 0 Å². The first-order valence-electron chi connectivity index (χ1n) is 13.6. The maximum atomic E-state index is 9.54. The van der Waals surface area contributed by atoms with Gasteiger partial charge in [-0.3, -0.25) is 0 Å². The largest absolute Gasteiger partial charge is 0.310 e. The van der Waals surface area contributed by atoms with Crippen molar-refractivity contribution in [1.82, 2.24) is 0 Å². The molecule has 0 bridgehead atoms. The van der Waals surface area contributed by atoms with Gasteiger partial charge in [-0.05, 0) is 63.3 Å². The van der Waals surface area contributed by atoms with Crippen molar-refractivity contribution >= 4 is 17.1 Å². The Morgan fingerprint density at radius 1 is 0.588 bits per heavy atom. The van der Waals surface area contributed by atoms with Crippen LogP contribution in [-0.4, -0.2) is 0 Å². The van der Waals surface area contributed by atoms with E-state index in [-0.39, 0.29) is 28.3 Å². The van der Waals surface area contributed by atoms with Gasteiger partial charge in [-0.25, -0.2) is 0 Å². The summed E-state index contributed by atoms with van der Waals surface area (Å²) in [7, 11) is 0. The first-order chi connectivity index (χ1) is 17.4. The number of para-hydroxylation sites is 3. The first-order valence-corrected chi connectivity index (χ1v) is 12.1. The molecule has 0 heterocycles. The number of rotatable bonds is 4. The fourth-order valence-electron chi connectivity index (χ4n) is 5.35. The molecule has 1 aliphatic carbocycles. The summed E-state index contributed by atoms with van der Waals surface area (Å²) >= 11 is 0. The molecule has 0 saturated carbocycles. The summed E-state index contributed by atoms with van der Waals surface area (Å²) in [6.45, 7) is 13.2. The van der Waals surface area contributed by atoms with E-state index in [2.05, 4.69) is 70.7 Å². The van der Waals surface area contributed by atoms with Crippen LogP contribution in [0.5, 0.6) is 0 Å². The number of anilines is 3.